The first-order valence-electron chi connectivity index (χ1n) is 7.76. The highest BCUT2D eigenvalue weighted by Gasteiger charge is 2.42. The van der Waals surface area contributed by atoms with Crippen molar-refractivity contribution in [3.05, 3.63) is 23.8 Å². The van der Waals surface area contributed by atoms with Gasteiger partial charge >= 0.3 is 5.97 Å². The Labute approximate surface area is 146 Å². The lowest BCUT2D eigenvalue weighted by atomic mass is 10.1. The lowest BCUT2D eigenvalue weighted by Crippen LogP contribution is -2.43. The molecule has 7 heteroatoms. The summed E-state index contributed by atoms with van der Waals surface area (Å²) in [6, 6.07) is 4.61. The van der Waals surface area contributed by atoms with Crippen molar-refractivity contribution in [2.75, 3.05) is 20.0 Å². The zero-order chi connectivity index (χ0) is 17.9. The largest absolute Gasteiger partial charge is 0.493 e. The molecule has 1 amide bonds. The number of benzene rings is 1. The minimum Gasteiger partial charge on any atom is -0.493 e. The number of nitrogens with zero attached hydrogens (tertiary/aromatic N) is 1. The van der Waals surface area contributed by atoms with Crippen molar-refractivity contribution < 1.29 is 24.2 Å². The summed E-state index contributed by atoms with van der Waals surface area (Å²) in [6.45, 7) is 3.89. The molecule has 2 unspecified atom stereocenters. The van der Waals surface area contributed by atoms with E-state index in [2.05, 4.69) is 0 Å². The lowest BCUT2D eigenvalue weighted by molar-refractivity contribution is -0.149. The van der Waals surface area contributed by atoms with E-state index in [1.807, 2.05) is 19.9 Å². The zero-order valence-electron chi connectivity index (χ0n) is 14.3. The molecule has 24 heavy (non-hydrogen) atoms. The van der Waals surface area contributed by atoms with Crippen LogP contribution in [0.25, 0.3) is 0 Å². The Hall–Kier alpha value is -1.89. The molecule has 1 fully saturated rings. The van der Waals surface area contributed by atoms with Gasteiger partial charge in [0, 0.05) is 12.2 Å². The fraction of sp³-hybridized carbons (Fsp3) is 0.529. The van der Waals surface area contributed by atoms with E-state index < -0.39 is 12.0 Å². The third-order valence-corrected chi connectivity index (χ3v) is 5.17. The predicted molar refractivity (Wildman–Crippen MR) is 92.5 cm³/mol. The van der Waals surface area contributed by atoms with Crippen molar-refractivity contribution in [2.45, 2.75) is 31.7 Å². The van der Waals surface area contributed by atoms with Crippen molar-refractivity contribution in [2.24, 2.45) is 5.92 Å². The fourth-order valence-corrected chi connectivity index (χ4v) is 4.15. The van der Waals surface area contributed by atoms with Gasteiger partial charge in [-0.25, -0.2) is 4.79 Å². The molecule has 0 radical (unpaired) electrons. The van der Waals surface area contributed by atoms with Gasteiger partial charge in [-0.15, -0.1) is 11.8 Å². The Bertz CT molecular complexity index is 619. The van der Waals surface area contributed by atoms with Crippen LogP contribution in [-0.2, 0) is 9.59 Å². The van der Waals surface area contributed by atoms with Gasteiger partial charge < -0.3 is 19.5 Å². The average Bonchev–Trinajstić information content (AvgIpc) is 2.98. The number of aliphatic carboxylic acids is 1. The molecular weight excluding hydrogens is 330 g/mol. The summed E-state index contributed by atoms with van der Waals surface area (Å²) < 4.78 is 10.6. The van der Waals surface area contributed by atoms with Gasteiger partial charge in [0.25, 0.3) is 0 Å². The second kappa shape index (κ2) is 7.79. The summed E-state index contributed by atoms with van der Waals surface area (Å²) in [5, 5.41) is 9.13. The van der Waals surface area contributed by atoms with Crippen LogP contribution in [0.1, 0.15) is 31.2 Å². The Kier molecular flexibility index (Phi) is 5.99. The number of hydrogen-bond acceptors (Lipinski definition) is 5. The van der Waals surface area contributed by atoms with E-state index in [0.717, 1.165) is 5.56 Å². The maximum atomic E-state index is 12.6. The second-order valence-corrected chi connectivity index (χ2v) is 7.17. The molecule has 1 saturated heterocycles. The topological polar surface area (TPSA) is 76.1 Å². The van der Waals surface area contributed by atoms with Crippen LogP contribution in [0.15, 0.2) is 18.2 Å². The van der Waals surface area contributed by atoms with Crippen LogP contribution in [-0.4, -0.2) is 47.9 Å². The third kappa shape index (κ3) is 3.77. The van der Waals surface area contributed by atoms with E-state index in [1.165, 1.54) is 16.7 Å². The predicted octanol–water partition coefficient (Wildman–Crippen LogP) is 2.78. The number of rotatable bonds is 6. The Morgan fingerprint density at radius 1 is 1.29 bits per heavy atom. The first kappa shape index (κ1) is 18.4. The van der Waals surface area contributed by atoms with E-state index in [9.17, 15) is 14.7 Å². The number of carboxylic acid groups (broad SMARTS) is 1. The second-order valence-electron chi connectivity index (χ2n) is 6.05. The number of ether oxygens (including phenoxy) is 2. The molecule has 1 aliphatic heterocycles. The Morgan fingerprint density at radius 2 is 1.96 bits per heavy atom. The molecular formula is C17H23NO5S. The summed E-state index contributed by atoms with van der Waals surface area (Å²) in [5.41, 5.74) is 0.832. The summed E-state index contributed by atoms with van der Waals surface area (Å²) in [6.07, 6.45) is 0.328. The monoisotopic (exact) mass is 353 g/mol. The number of carbonyl (C=O) groups excluding carboxylic acids is 1. The fourth-order valence-electron chi connectivity index (χ4n) is 2.72. The van der Waals surface area contributed by atoms with E-state index >= 15 is 0 Å². The average molecular weight is 353 g/mol. The number of carboxylic acids is 1. The van der Waals surface area contributed by atoms with Gasteiger partial charge in [0.1, 0.15) is 11.4 Å². The summed E-state index contributed by atoms with van der Waals surface area (Å²) in [5.74, 6) is 0.594. The van der Waals surface area contributed by atoms with Crippen molar-refractivity contribution >= 4 is 23.6 Å². The first-order valence-corrected chi connectivity index (χ1v) is 8.81. The Balaban J connectivity index is 2.36. The van der Waals surface area contributed by atoms with Gasteiger partial charge in [-0.3, -0.25) is 4.79 Å². The molecule has 0 bridgehead atoms. The standard InChI is InChI=1S/C17H23NO5S/c1-10(2)7-15(19)18-12(17(20)21)9-24-16(18)11-5-6-13(22-3)14(8-11)23-4/h5-6,8,10,12,16H,7,9H2,1-4H3,(H,20,21). The minimum atomic E-state index is -0.970. The SMILES string of the molecule is COc1ccc(C2SCC(C(=O)O)N2C(=O)CC(C)C)cc1OC. The van der Waals surface area contributed by atoms with Crippen LogP contribution in [0, 0.1) is 5.92 Å². The molecule has 1 aromatic rings. The van der Waals surface area contributed by atoms with Crippen LogP contribution in [0.3, 0.4) is 0 Å². The molecule has 1 aromatic carbocycles. The molecule has 0 aliphatic carbocycles. The van der Waals surface area contributed by atoms with E-state index in [0.29, 0.717) is 23.7 Å². The number of thioether (sulfide) groups is 1. The molecule has 2 rings (SSSR count). The van der Waals surface area contributed by atoms with Crippen molar-refractivity contribution in [3.63, 3.8) is 0 Å². The van der Waals surface area contributed by atoms with Crippen molar-refractivity contribution in [3.8, 4) is 11.5 Å². The van der Waals surface area contributed by atoms with Crippen LogP contribution >= 0.6 is 11.8 Å². The maximum absolute atomic E-state index is 12.6. The first-order chi connectivity index (χ1) is 11.4. The van der Waals surface area contributed by atoms with Crippen LogP contribution in [0.5, 0.6) is 11.5 Å². The van der Waals surface area contributed by atoms with E-state index in [-0.39, 0.29) is 17.2 Å². The smallest absolute Gasteiger partial charge is 0.327 e. The minimum absolute atomic E-state index is 0.137. The summed E-state index contributed by atoms with van der Waals surface area (Å²) in [7, 11) is 3.10. The van der Waals surface area contributed by atoms with Crippen LogP contribution in [0.2, 0.25) is 0 Å². The summed E-state index contributed by atoms with van der Waals surface area (Å²) >= 11 is 1.46. The molecule has 0 aromatic heterocycles. The third-order valence-electron chi connectivity index (χ3n) is 3.85. The van der Waals surface area contributed by atoms with Gasteiger partial charge in [-0.1, -0.05) is 19.9 Å². The molecule has 1 heterocycles. The van der Waals surface area contributed by atoms with Crippen LogP contribution < -0.4 is 9.47 Å². The molecule has 1 aliphatic rings. The van der Waals surface area contributed by atoms with Crippen LogP contribution in [0.4, 0.5) is 0 Å². The molecule has 132 valence electrons. The highest BCUT2D eigenvalue weighted by Crippen LogP contribution is 2.44. The zero-order valence-corrected chi connectivity index (χ0v) is 15.1. The molecule has 1 N–H and O–H groups in total. The van der Waals surface area contributed by atoms with E-state index in [4.69, 9.17) is 9.47 Å². The van der Waals surface area contributed by atoms with Crippen molar-refractivity contribution in [1.82, 2.24) is 4.90 Å². The Morgan fingerprint density at radius 3 is 2.50 bits per heavy atom. The maximum Gasteiger partial charge on any atom is 0.327 e. The molecule has 2 atom stereocenters. The van der Waals surface area contributed by atoms with E-state index in [1.54, 1.807) is 26.4 Å². The highest BCUT2D eigenvalue weighted by molar-refractivity contribution is 7.99. The number of carbonyl (C=O) groups is 2. The summed E-state index contributed by atoms with van der Waals surface area (Å²) in [4.78, 5) is 25.7. The van der Waals surface area contributed by atoms with Crippen molar-refractivity contribution in [1.29, 1.82) is 0 Å². The van der Waals surface area contributed by atoms with Gasteiger partial charge in [-0.2, -0.15) is 0 Å². The normalized spacial score (nSPS) is 20.3. The van der Waals surface area contributed by atoms with Gasteiger partial charge in [-0.05, 0) is 23.6 Å². The number of methoxy groups -OCH3 is 2. The molecule has 0 saturated carbocycles. The number of hydrogen-bond donors (Lipinski definition) is 1. The van der Waals surface area contributed by atoms with Gasteiger partial charge in [0.15, 0.2) is 11.5 Å². The molecule has 6 nitrogen and oxygen atoms in total. The molecule has 0 spiro atoms. The number of amides is 1. The highest BCUT2D eigenvalue weighted by atomic mass is 32.2. The van der Waals surface area contributed by atoms with Gasteiger partial charge in [0.05, 0.1) is 14.2 Å². The lowest BCUT2D eigenvalue weighted by Gasteiger charge is -2.28. The van der Waals surface area contributed by atoms with Gasteiger partial charge in [0.2, 0.25) is 5.91 Å². The quantitative estimate of drug-likeness (QED) is 0.847.